The van der Waals surface area contributed by atoms with Gasteiger partial charge in [0.15, 0.2) is 0 Å². The standard InChI is InChI=1S/C18H17ClN4S/c1-12(14-4-3-5-16(20)10-14)21-22-18-23(2)17(11-24-18)13-6-8-15(19)9-7-13/h3-11H,20H2,1-2H3/b21-12+,22-18+. The summed E-state index contributed by atoms with van der Waals surface area (Å²) >= 11 is 7.50. The van der Waals surface area contributed by atoms with Gasteiger partial charge >= 0.3 is 0 Å². The van der Waals surface area contributed by atoms with Gasteiger partial charge in [0.2, 0.25) is 4.80 Å². The highest BCUT2D eigenvalue weighted by molar-refractivity contribution is 7.07. The lowest BCUT2D eigenvalue weighted by Gasteiger charge is -2.02. The fourth-order valence-electron chi connectivity index (χ4n) is 2.28. The third-order valence-corrected chi connectivity index (χ3v) is 4.81. The molecule has 2 aromatic carbocycles. The Balaban J connectivity index is 1.94. The summed E-state index contributed by atoms with van der Waals surface area (Å²) in [5, 5.41) is 11.5. The highest BCUT2D eigenvalue weighted by Crippen LogP contribution is 2.21. The van der Waals surface area contributed by atoms with Crippen molar-refractivity contribution in [2.75, 3.05) is 5.73 Å². The molecule has 0 saturated carbocycles. The van der Waals surface area contributed by atoms with Gasteiger partial charge in [-0.2, -0.15) is 5.10 Å². The van der Waals surface area contributed by atoms with E-state index in [2.05, 4.69) is 15.6 Å². The maximum absolute atomic E-state index is 5.95. The molecule has 0 bridgehead atoms. The predicted molar refractivity (Wildman–Crippen MR) is 102 cm³/mol. The molecule has 1 heterocycles. The van der Waals surface area contributed by atoms with E-state index in [1.165, 1.54) is 0 Å². The summed E-state index contributed by atoms with van der Waals surface area (Å²) in [5.41, 5.74) is 10.5. The zero-order valence-corrected chi connectivity index (χ0v) is 15.0. The number of aromatic nitrogens is 1. The Morgan fingerprint density at radius 2 is 1.92 bits per heavy atom. The van der Waals surface area contributed by atoms with Gasteiger partial charge in [0, 0.05) is 23.1 Å². The van der Waals surface area contributed by atoms with E-state index in [9.17, 15) is 0 Å². The molecular formula is C18H17ClN4S. The lowest BCUT2D eigenvalue weighted by Crippen LogP contribution is -2.11. The monoisotopic (exact) mass is 356 g/mol. The summed E-state index contributed by atoms with van der Waals surface area (Å²) in [7, 11) is 1.98. The first kappa shape index (κ1) is 16.5. The average Bonchev–Trinajstić information content (AvgIpc) is 2.94. The van der Waals surface area contributed by atoms with Crippen LogP contribution in [0, 0.1) is 0 Å². The summed E-state index contributed by atoms with van der Waals surface area (Å²) in [4.78, 5) is 0.822. The molecule has 0 aliphatic heterocycles. The number of halogens is 1. The molecule has 0 fully saturated rings. The van der Waals surface area contributed by atoms with Crippen molar-refractivity contribution < 1.29 is 0 Å². The smallest absolute Gasteiger partial charge is 0.210 e. The van der Waals surface area contributed by atoms with Gasteiger partial charge in [-0.05, 0) is 42.3 Å². The van der Waals surface area contributed by atoms with Crippen LogP contribution in [0.5, 0.6) is 0 Å². The number of nitrogen functional groups attached to an aromatic ring is 1. The maximum Gasteiger partial charge on any atom is 0.210 e. The van der Waals surface area contributed by atoms with Crippen LogP contribution >= 0.6 is 22.9 Å². The van der Waals surface area contributed by atoms with E-state index in [0.29, 0.717) is 5.69 Å². The summed E-state index contributed by atoms with van der Waals surface area (Å²) in [5.74, 6) is 0. The Morgan fingerprint density at radius 1 is 1.17 bits per heavy atom. The third kappa shape index (κ3) is 3.58. The van der Waals surface area contributed by atoms with Crippen LogP contribution in [-0.4, -0.2) is 10.3 Å². The third-order valence-electron chi connectivity index (χ3n) is 3.65. The van der Waals surface area contributed by atoms with Gasteiger partial charge in [0.05, 0.1) is 11.4 Å². The predicted octanol–water partition coefficient (Wildman–Crippen LogP) is 4.31. The normalized spacial score (nSPS) is 12.6. The van der Waals surface area contributed by atoms with Crippen molar-refractivity contribution in [3.8, 4) is 11.3 Å². The molecule has 24 heavy (non-hydrogen) atoms. The van der Waals surface area contributed by atoms with Crippen molar-refractivity contribution in [1.29, 1.82) is 0 Å². The van der Waals surface area contributed by atoms with E-state index in [0.717, 1.165) is 32.4 Å². The quantitative estimate of drug-likeness (QED) is 0.424. The Bertz CT molecular complexity index is 952. The van der Waals surface area contributed by atoms with Crippen LogP contribution in [0.3, 0.4) is 0 Å². The van der Waals surface area contributed by atoms with Crippen LogP contribution in [0.4, 0.5) is 5.69 Å². The van der Waals surface area contributed by atoms with E-state index in [1.54, 1.807) is 11.3 Å². The van der Waals surface area contributed by atoms with Crippen LogP contribution in [0.25, 0.3) is 11.3 Å². The van der Waals surface area contributed by atoms with E-state index in [-0.39, 0.29) is 0 Å². The largest absolute Gasteiger partial charge is 0.399 e. The van der Waals surface area contributed by atoms with Crippen molar-refractivity contribution >= 4 is 34.3 Å². The molecule has 122 valence electrons. The van der Waals surface area contributed by atoms with Crippen LogP contribution in [0.2, 0.25) is 5.02 Å². The first-order chi connectivity index (χ1) is 11.5. The highest BCUT2D eigenvalue weighted by atomic mass is 35.5. The van der Waals surface area contributed by atoms with Crippen molar-refractivity contribution in [3.63, 3.8) is 0 Å². The molecule has 0 spiro atoms. The Labute approximate surface area is 149 Å². The molecule has 0 unspecified atom stereocenters. The van der Waals surface area contributed by atoms with Crippen LogP contribution in [-0.2, 0) is 7.05 Å². The second-order valence-electron chi connectivity index (χ2n) is 5.38. The topological polar surface area (TPSA) is 55.7 Å². The Morgan fingerprint density at radius 3 is 2.62 bits per heavy atom. The molecule has 4 nitrogen and oxygen atoms in total. The van der Waals surface area contributed by atoms with Gasteiger partial charge in [0.25, 0.3) is 0 Å². The number of thiazole rings is 1. The minimum absolute atomic E-state index is 0.716. The number of hydrogen-bond acceptors (Lipinski definition) is 4. The second-order valence-corrected chi connectivity index (χ2v) is 6.65. The number of benzene rings is 2. The van der Waals surface area contributed by atoms with Gasteiger partial charge in [0.1, 0.15) is 0 Å². The number of nitrogens with two attached hydrogens (primary N) is 1. The number of nitrogens with zero attached hydrogens (tertiary/aromatic N) is 3. The van der Waals surface area contributed by atoms with Crippen molar-refractivity contribution in [2.24, 2.45) is 17.3 Å². The molecule has 0 amide bonds. The second kappa shape index (κ2) is 7.03. The van der Waals surface area contributed by atoms with Crippen molar-refractivity contribution in [2.45, 2.75) is 6.92 Å². The molecule has 2 N–H and O–H groups in total. The first-order valence-corrected chi connectivity index (χ1v) is 8.65. The first-order valence-electron chi connectivity index (χ1n) is 7.39. The van der Waals surface area contributed by atoms with Crippen molar-refractivity contribution in [3.05, 3.63) is 69.3 Å². The Kier molecular flexibility index (Phi) is 4.83. The molecule has 0 saturated heterocycles. The minimum atomic E-state index is 0.716. The fourth-order valence-corrected chi connectivity index (χ4v) is 3.26. The lowest BCUT2D eigenvalue weighted by atomic mass is 10.1. The van der Waals surface area contributed by atoms with Crippen molar-refractivity contribution in [1.82, 2.24) is 4.57 Å². The molecule has 0 aliphatic carbocycles. The zero-order valence-electron chi connectivity index (χ0n) is 13.4. The molecule has 1 aromatic heterocycles. The molecular weight excluding hydrogens is 340 g/mol. The van der Waals surface area contributed by atoms with Crippen LogP contribution < -0.4 is 10.5 Å². The molecule has 3 rings (SSSR count). The molecule has 6 heteroatoms. The molecule has 3 aromatic rings. The maximum atomic E-state index is 5.95. The SMILES string of the molecule is C/C(=N\N=c1\scc(-c2ccc(Cl)cc2)n1C)c1cccc(N)c1. The summed E-state index contributed by atoms with van der Waals surface area (Å²) in [6, 6.07) is 15.4. The number of hydrogen-bond donors (Lipinski definition) is 1. The highest BCUT2D eigenvalue weighted by Gasteiger charge is 2.04. The summed E-state index contributed by atoms with van der Waals surface area (Å²) in [6.07, 6.45) is 0. The lowest BCUT2D eigenvalue weighted by molar-refractivity contribution is 0.863. The Hall–Kier alpha value is -2.37. The van der Waals surface area contributed by atoms with Gasteiger partial charge in [-0.1, -0.05) is 35.9 Å². The summed E-state index contributed by atoms with van der Waals surface area (Å²) in [6.45, 7) is 1.92. The fraction of sp³-hybridized carbons (Fsp3) is 0.111. The van der Waals surface area contributed by atoms with E-state index in [1.807, 2.05) is 67.1 Å². The molecule has 0 radical (unpaired) electrons. The van der Waals surface area contributed by atoms with E-state index >= 15 is 0 Å². The van der Waals surface area contributed by atoms with Gasteiger partial charge < -0.3 is 10.3 Å². The van der Waals surface area contributed by atoms with Gasteiger partial charge in [-0.25, -0.2) is 0 Å². The van der Waals surface area contributed by atoms with Crippen LogP contribution in [0.15, 0.2) is 64.1 Å². The summed E-state index contributed by atoms with van der Waals surface area (Å²) < 4.78 is 2.02. The van der Waals surface area contributed by atoms with Crippen LogP contribution in [0.1, 0.15) is 12.5 Å². The van der Waals surface area contributed by atoms with E-state index < -0.39 is 0 Å². The van der Waals surface area contributed by atoms with E-state index in [4.69, 9.17) is 17.3 Å². The van der Waals surface area contributed by atoms with Gasteiger partial charge in [-0.15, -0.1) is 16.4 Å². The molecule has 0 aliphatic rings. The molecule has 0 atom stereocenters. The number of anilines is 1. The van der Waals surface area contributed by atoms with Gasteiger partial charge in [-0.3, -0.25) is 0 Å². The number of rotatable bonds is 3. The zero-order chi connectivity index (χ0) is 17.1. The average molecular weight is 357 g/mol. The minimum Gasteiger partial charge on any atom is -0.399 e.